The molecule has 0 aliphatic heterocycles. The van der Waals surface area contributed by atoms with E-state index in [1.807, 2.05) is 19.1 Å². The fourth-order valence-electron chi connectivity index (χ4n) is 1.83. The van der Waals surface area contributed by atoms with Crippen LogP contribution in [0, 0.1) is 6.92 Å². The number of imidazole rings is 1. The summed E-state index contributed by atoms with van der Waals surface area (Å²) in [6.45, 7) is 1.89. The predicted octanol–water partition coefficient (Wildman–Crippen LogP) is 2.64. The first-order valence-corrected chi connectivity index (χ1v) is 7.41. The number of aryl methyl sites for hydroxylation is 1. The highest BCUT2D eigenvalue weighted by Gasteiger charge is 2.18. The van der Waals surface area contributed by atoms with Crippen LogP contribution in [-0.2, 0) is 10.1 Å². The van der Waals surface area contributed by atoms with E-state index in [2.05, 4.69) is 9.97 Å². The molecule has 3 rings (SSSR count). The Morgan fingerprint density at radius 3 is 2.45 bits per heavy atom. The van der Waals surface area contributed by atoms with E-state index in [-0.39, 0.29) is 10.9 Å². The highest BCUT2D eigenvalue weighted by Crippen LogP contribution is 2.19. The van der Waals surface area contributed by atoms with Gasteiger partial charge in [-0.25, -0.2) is 0 Å². The van der Waals surface area contributed by atoms with Crippen molar-refractivity contribution < 1.29 is 12.6 Å². The smallest absolute Gasteiger partial charge is 0.341 e. The monoisotopic (exact) mass is 288 g/mol. The van der Waals surface area contributed by atoms with Gasteiger partial charge in [-0.1, -0.05) is 29.8 Å². The number of benzene rings is 2. The lowest BCUT2D eigenvalue weighted by atomic mass is 10.2. The molecule has 0 unspecified atom stereocenters. The second-order valence-electron chi connectivity index (χ2n) is 4.41. The number of rotatable bonds is 3. The number of aromatic nitrogens is 2. The number of H-pyrrole nitrogens is 1. The zero-order chi connectivity index (χ0) is 14.2. The van der Waals surface area contributed by atoms with Gasteiger partial charge in [-0.05, 0) is 31.2 Å². The summed E-state index contributed by atoms with van der Waals surface area (Å²) >= 11 is 0. The summed E-state index contributed by atoms with van der Waals surface area (Å²) in [5, 5.41) is 0. The first-order chi connectivity index (χ1) is 9.54. The third-order valence-electron chi connectivity index (χ3n) is 2.87. The van der Waals surface area contributed by atoms with Crippen LogP contribution in [0.5, 0.6) is 6.01 Å². The van der Waals surface area contributed by atoms with Gasteiger partial charge in [-0.3, -0.25) is 0 Å². The number of fused-ring (bicyclic) bond motifs is 1. The lowest BCUT2D eigenvalue weighted by Crippen LogP contribution is -2.10. The number of nitrogens with one attached hydrogen (secondary N) is 1. The number of para-hydroxylation sites is 2. The van der Waals surface area contributed by atoms with E-state index in [4.69, 9.17) is 4.18 Å². The van der Waals surface area contributed by atoms with E-state index in [1.165, 1.54) is 12.1 Å². The number of hydrogen-bond donors (Lipinski definition) is 1. The lowest BCUT2D eigenvalue weighted by molar-refractivity contribution is 0.468. The van der Waals surface area contributed by atoms with Crippen LogP contribution in [-0.4, -0.2) is 18.4 Å². The van der Waals surface area contributed by atoms with E-state index in [1.54, 1.807) is 24.3 Å². The topological polar surface area (TPSA) is 72.1 Å². The summed E-state index contributed by atoms with van der Waals surface area (Å²) in [6.07, 6.45) is 0. The molecule has 1 N–H and O–H groups in total. The molecule has 0 amide bonds. The Morgan fingerprint density at radius 1 is 1.05 bits per heavy atom. The summed E-state index contributed by atoms with van der Waals surface area (Å²) in [6, 6.07) is 13.6. The SMILES string of the molecule is Cc1ccc(S(=O)(=O)Oc2nc3ccccc3[nH]2)cc1. The van der Waals surface area contributed by atoms with Gasteiger partial charge < -0.3 is 9.17 Å². The molecule has 0 aliphatic carbocycles. The van der Waals surface area contributed by atoms with Crippen molar-refractivity contribution in [2.75, 3.05) is 0 Å². The van der Waals surface area contributed by atoms with E-state index >= 15 is 0 Å². The third-order valence-corrected chi connectivity index (χ3v) is 4.09. The van der Waals surface area contributed by atoms with E-state index in [9.17, 15) is 8.42 Å². The maximum atomic E-state index is 12.1. The Bertz CT molecular complexity index is 819. The second-order valence-corrected chi connectivity index (χ2v) is 5.96. The average molecular weight is 288 g/mol. The van der Waals surface area contributed by atoms with Gasteiger partial charge in [-0.2, -0.15) is 13.4 Å². The average Bonchev–Trinajstić information content (AvgIpc) is 2.80. The number of hydrogen-bond acceptors (Lipinski definition) is 4. The van der Waals surface area contributed by atoms with Gasteiger partial charge in [0.05, 0.1) is 11.0 Å². The zero-order valence-electron chi connectivity index (χ0n) is 10.7. The fraction of sp³-hybridized carbons (Fsp3) is 0.0714. The molecule has 0 fully saturated rings. The summed E-state index contributed by atoms with van der Waals surface area (Å²) in [7, 11) is -3.87. The summed E-state index contributed by atoms with van der Waals surface area (Å²) in [5.41, 5.74) is 2.36. The molecule has 5 nitrogen and oxygen atoms in total. The molecular formula is C14H12N2O3S. The van der Waals surface area contributed by atoms with Gasteiger partial charge in [0, 0.05) is 0 Å². The van der Waals surface area contributed by atoms with Crippen molar-refractivity contribution in [1.82, 2.24) is 9.97 Å². The largest absolute Gasteiger partial charge is 0.342 e. The van der Waals surface area contributed by atoms with Crippen molar-refractivity contribution in [2.24, 2.45) is 0 Å². The maximum Gasteiger partial charge on any atom is 0.341 e. The molecule has 0 saturated heterocycles. The van der Waals surface area contributed by atoms with Gasteiger partial charge in [-0.15, -0.1) is 0 Å². The number of nitrogens with zero attached hydrogens (tertiary/aromatic N) is 1. The number of aromatic amines is 1. The van der Waals surface area contributed by atoms with E-state index < -0.39 is 10.1 Å². The van der Waals surface area contributed by atoms with Crippen molar-refractivity contribution in [3.05, 3.63) is 54.1 Å². The van der Waals surface area contributed by atoms with Crippen molar-refractivity contribution in [1.29, 1.82) is 0 Å². The van der Waals surface area contributed by atoms with E-state index in [0.29, 0.717) is 5.52 Å². The minimum atomic E-state index is -3.87. The Balaban J connectivity index is 1.94. The van der Waals surface area contributed by atoms with Crippen LogP contribution in [0.4, 0.5) is 0 Å². The Kier molecular flexibility index (Phi) is 2.94. The standard InChI is InChI=1S/C14H12N2O3S/c1-10-6-8-11(9-7-10)20(17,18)19-14-15-12-4-2-3-5-13(12)16-14/h2-9H,1H3,(H,15,16). The molecule has 0 spiro atoms. The van der Waals surface area contributed by atoms with Crippen LogP contribution >= 0.6 is 0 Å². The normalized spacial score (nSPS) is 11.7. The molecule has 0 bridgehead atoms. The molecule has 2 aromatic carbocycles. The van der Waals surface area contributed by atoms with Gasteiger partial charge >= 0.3 is 16.1 Å². The Hall–Kier alpha value is -2.34. The minimum absolute atomic E-state index is 0.0354. The molecule has 1 heterocycles. The lowest BCUT2D eigenvalue weighted by Gasteiger charge is -2.03. The van der Waals surface area contributed by atoms with Crippen LogP contribution in [0.25, 0.3) is 11.0 Å². The van der Waals surface area contributed by atoms with Crippen LogP contribution in [0.3, 0.4) is 0 Å². The van der Waals surface area contributed by atoms with Crippen LogP contribution in [0.1, 0.15) is 5.56 Å². The molecule has 102 valence electrons. The summed E-state index contributed by atoms with van der Waals surface area (Å²) in [4.78, 5) is 7.00. The van der Waals surface area contributed by atoms with Gasteiger partial charge in [0.25, 0.3) is 0 Å². The van der Waals surface area contributed by atoms with Crippen molar-refractivity contribution in [3.8, 4) is 6.01 Å². The second kappa shape index (κ2) is 4.64. The molecular weight excluding hydrogens is 276 g/mol. The highest BCUT2D eigenvalue weighted by atomic mass is 32.2. The summed E-state index contributed by atoms with van der Waals surface area (Å²) in [5.74, 6) is 0. The Labute approximate surface area is 116 Å². The molecule has 6 heteroatoms. The van der Waals surface area contributed by atoms with Crippen molar-refractivity contribution >= 4 is 21.2 Å². The van der Waals surface area contributed by atoms with E-state index in [0.717, 1.165) is 11.1 Å². The fourth-order valence-corrected chi connectivity index (χ4v) is 2.68. The predicted molar refractivity (Wildman–Crippen MR) is 75.1 cm³/mol. The minimum Gasteiger partial charge on any atom is -0.342 e. The zero-order valence-corrected chi connectivity index (χ0v) is 11.5. The van der Waals surface area contributed by atoms with Crippen LogP contribution in [0.2, 0.25) is 0 Å². The summed E-state index contributed by atoms with van der Waals surface area (Å²) < 4.78 is 29.2. The van der Waals surface area contributed by atoms with Gasteiger partial charge in [0.1, 0.15) is 4.90 Å². The Morgan fingerprint density at radius 2 is 1.75 bits per heavy atom. The first-order valence-electron chi connectivity index (χ1n) is 6.00. The van der Waals surface area contributed by atoms with Gasteiger partial charge in [0.2, 0.25) is 0 Å². The molecule has 1 aromatic heterocycles. The van der Waals surface area contributed by atoms with Gasteiger partial charge in [0.15, 0.2) is 0 Å². The molecule has 3 aromatic rings. The molecule has 0 radical (unpaired) electrons. The van der Waals surface area contributed by atoms with Crippen LogP contribution in [0.15, 0.2) is 53.4 Å². The molecule has 0 aliphatic rings. The first kappa shape index (κ1) is 12.7. The van der Waals surface area contributed by atoms with Crippen molar-refractivity contribution in [2.45, 2.75) is 11.8 Å². The quantitative estimate of drug-likeness (QED) is 0.752. The third kappa shape index (κ3) is 2.37. The maximum absolute atomic E-state index is 12.1. The molecule has 20 heavy (non-hydrogen) atoms. The molecule has 0 saturated carbocycles. The van der Waals surface area contributed by atoms with Crippen molar-refractivity contribution in [3.63, 3.8) is 0 Å². The highest BCUT2D eigenvalue weighted by molar-refractivity contribution is 7.87. The van der Waals surface area contributed by atoms with Crippen LogP contribution < -0.4 is 4.18 Å². The molecule has 0 atom stereocenters.